The van der Waals surface area contributed by atoms with Crippen LogP contribution in [0.25, 0.3) is 0 Å². The van der Waals surface area contributed by atoms with Gasteiger partial charge in [-0.3, -0.25) is 9.48 Å². The normalized spacial score (nSPS) is 10.7. The molecule has 0 saturated heterocycles. The van der Waals surface area contributed by atoms with Crippen molar-refractivity contribution in [1.82, 2.24) is 25.1 Å². The van der Waals surface area contributed by atoms with Gasteiger partial charge in [-0.05, 0) is 32.8 Å². The van der Waals surface area contributed by atoms with Crippen LogP contribution in [0.4, 0.5) is 0 Å². The van der Waals surface area contributed by atoms with Crippen LogP contribution in [-0.2, 0) is 6.54 Å². The number of nitrogens with one attached hydrogen (secondary N) is 2. The number of hydrogen-bond acceptors (Lipinski definition) is 3. The summed E-state index contributed by atoms with van der Waals surface area (Å²) in [6, 6.07) is 0. The molecule has 2 heterocycles. The van der Waals surface area contributed by atoms with Crippen LogP contribution in [0.3, 0.4) is 0 Å². The Morgan fingerprint density at radius 2 is 2.21 bits per heavy atom. The van der Waals surface area contributed by atoms with E-state index in [2.05, 4.69) is 34.2 Å². The van der Waals surface area contributed by atoms with E-state index < -0.39 is 0 Å². The van der Waals surface area contributed by atoms with Crippen molar-refractivity contribution >= 4 is 5.91 Å². The third-order valence-corrected chi connectivity index (χ3v) is 3.32. The van der Waals surface area contributed by atoms with Gasteiger partial charge in [0, 0.05) is 18.8 Å². The second kappa shape index (κ2) is 5.69. The summed E-state index contributed by atoms with van der Waals surface area (Å²) in [7, 11) is 0. The van der Waals surface area contributed by atoms with Crippen LogP contribution in [0.5, 0.6) is 0 Å². The van der Waals surface area contributed by atoms with Crippen LogP contribution in [-0.4, -0.2) is 32.2 Å². The number of aromatic amines is 1. The average Bonchev–Trinajstić information content (AvgIpc) is 3.00. The molecule has 2 aromatic heterocycles. The second-order valence-corrected chi connectivity index (χ2v) is 4.59. The monoisotopic (exact) mass is 261 g/mol. The predicted octanol–water partition coefficient (Wildman–Crippen LogP) is 1.35. The van der Waals surface area contributed by atoms with Crippen molar-refractivity contribution in [3.05, 3.63) is 35.2 Å². The van der Waals surface area contributed by atoms with Crippen molar-refractivity contribution < 1.29 is 4.79 Å². The summed E-state index contributed by atoms with van der Waals surface area (Å²) in [5, 5.41) is 7.31. The minimum Gasteiger partial charge on any atom is -0.351 e. The molecule has 0 aliphatic heterocycles. The summed E-state index contributed by atoms with van der Waals surface area (Å²) in [5.74, 6) is -0.123. The molecule has 0 aliphatic carbocycles. The maximum absolute atomic E-state index is 11.6. The molecule has 0 fully saturated rings. The molecule has 0 aromatic carbocycles. The fourth-order valence-corrected chi connectivity index (χ4v) is 1.91. The van der Waals surface area contributed by atoms with Crippen LogP contribution in [0.15, 0.2) is 12.5 Å². The van der Waals surface area contributed by atoms with Gasteiger partial charge < -0.3 is 10.3 Å². The Labute approximate surface area is 112 Å². The molecule has 0 atom stereocenters. The smallest absolute Gasteiger partial charge is 0.269 e. The van der Waals surface area contributed by atoms with Gasteiger partial charge in [-0.25, -0.2) is 4.98 Å². The van der Waals surface area contributed by atoms with Crippen molar-refractivity contribution in [1.29, 1.82) is 0 Å². The Kier molecular flexibility index (Phi) is 3.99. The lowest BCUT2D eigenvalue weighted by atomic mass is 10.2. The molecule has 2 rings (SSSR count). The number of hydrogen-bond donors (Lipinski definition) is 2. The van der Waals surface area contributed by atoms with Gasteiger partial charge in [-0.15, -0.1) is 0 Å². The lowest BCUT2D eigenvalue weighted by Crippen LogP contribution is -2.25. The van der Waals surface area contributed by atoms with Crippen LogP contribution in [0.2, 0.25) is 0 Å². The standard InChI is InChI=1S/C13H19N5O/c1-9-10(2)17-18(11(9)3)6-4-5-15-13(19)12-7-14-8-16-12/h7-8H,4-6H2,1-3H3,(H,14,16)(H,15,19). The predicted molar refractivity (Wildman–Crippen MR) is 72.0 cm³/mol. The number of aryl methyl sites for hydroxylation is 2. The Balaban J connectivity index is 1.78. The van der Waals surface area contributed by atoms with Crippen molar-refractivity contribution in [2.45, 2.75) is 33.7 Å². The molecule has 1 amide bonds. The van der Waals surface area contributed by atoms with Crippen LogP contribution in [0.1, 0.15) is 33.9 Å². The molecule has 0 radical (unpaired) electrons. The van der Waals surface area contributed by atoms with E-state index in [9.17, 15) is 4.79 Å². The van der Waals surface area contributed by atoms with Gasteiger partial charge in [0.15, 0.2) is 0 Å². The zero-order chi connectivity index (χ0) is 13.8. The Hall–Kier alpha value is -2.11. The van der Waals surface area contributed by atoms with Crippen LogP contribution < -0.4 is 5.32 Å². The summed E-state index contributed by atoms with van der Waals surface area (Å²) in [5.41, 5.74) is 3.99. The number of rotatable bonds is 5. The van der Waals surface area contributed by atoms with E-state index in [1.807, 2.05) is 11.6 Å². The Bertz CT molecular complexity index is 556. The summed E-state index contributed by atoms with van der Waals surface area (Å²) in [4.78, 5) is 18.2. The van der Waals surface area contributed by atoms with E-state index in [0.717, 1.165) is 18.7 Å². The third-order valence-electron chi connectivity index (χ3n) is 3.32. The largest absolute Gasteiger partial charge is 0.351 e. The highest BCUT2D eigenvalue weighted by Gasteiger charge is 2.08. The molecule has 0 aliphatic rings. The molecule has 2 aromatic rings. The van der Waals surface area contributed by atoms with Crippen molar-refractivity contribution in [3.8, 4) is 0 Å². The molecule has 0 unspecified atom stereocenters. The SMILES string of the molecule is Cc1nn(CCCNC(=O)c2cnc[nH]2)c(C)c1C. The molecular formula is C13H19N5O. The number of nitrogens with zero attached hydrogens (tertiary/aromatic N) is 3. The number of aromatic nitrogens is 4. The topological polar surface area (TPSA) is 75.6 Å². The molecule has 102 valence electrons. The van der Waals surface area contributed by atoms with Gasteiger partial charge in [0.05, 0.1) is 18.2 Å². The Morgan fingerprint density at radius 1 is 1.42 bits per heavy atom. The minimum atomic E-state index is -0.123. The van der Waals surface area contributed by atoms with Crippen molar-refractivity contribution in [2.75, 3.05) is 6.54 Å². The number of H-pyrrole nitrogens is 1. The maximum atomic E-state index is 11.6. The summed E-state index contributed by atoms with van der Waals surface area (Å²) >= 11 is 0. The van der Waals surface area contributed by atoms with E-state index in [0.29, 0.717) is 12.2 Å². The first-order valence-corrected chi connectivity index (χ1v) is 6.36. The van der Waals surface area contributed by atoms with Gasteiger partial charge in [-0.1, -0.05) is 0 Å². The van der Waals surface area contributed by atoms with E-state index in [1.54, 1.807) is 0 Å². The minimum absolute atomic E-state index is 0.123. The van der Waals surface area contributed by atoms with E-state index in [4.69, 9.17) is 0 Å². The first kappa shape index (κ1) is 13.3. The van der Waals surface area contributed by atoms with Gasteiger partial charge in [-0.2, -0.15) is 5.10 Å². The molecule has 6 heteroatoms. The molecule has 0 spiro atoms. The fraction of sp³-hybridized carbons (Fsp3) is 0.462. The molecule has 19 heavy (non-hydrogen) atoms. The quantitative estimate of drug-likeness (QED) is 0.798. The lowest BCUT2D eigenvalue weighted by Gasteiger charge is -2.06. The molecule has 0 bridgehead atoms. The summed E-state index contributed by atoms with van der Waals surface area (Å²) in [6.45, 7) is 7.59. The zero-order valence-electron chi connectivity index (χ0n) is 11.5. The maximum Gasteiger partial charge on any atom is 0.269 e. The number of carbonyl (C=O) groups is 1. The van der Waals surface area contributed by atoms with Crippen molar-refractivity contribution in [2.24, 2.45) is 0 Å². The summed E-state index contributed by atoms with van der Waals surface area (Å²) < 4.78 is 1.99. The lowest BCUT2D eigenvalue weighted by molar-refractivity contribution is 0.0948. The highest BCUT2D eigenvalue weighted by molar-refractivity contribution is 5.91. The highest BCUT2D eigenvalue weighted by Crippen LogP contribution is 2.10. The van der Waals surface area contributed by atoms with Gasteiger partial charge >= 0.3 is 0 Å². The molecule has 0 saturated carbocycles. The van der Waals surface area contributed by atoms with E-state index in [1.165, 1.54) is 23.8 Å². The Morgan fingerprint density at radius 3 is 2.79 bits per heavy atom. The van der Waals surface area contributed by atoms with Crippen LogP contribution >= 0.6 is 0 Å². The summed E-state index contributed by atoms with van der Waals surface area (Å²) in [6.07, 6.45) is 3.86. The molecule has 2 N–H and O–H groups in total. The fourth-order valence-electron chi connectivity index (χ4n) is 1.91. The zero-order valence-corrected chi connectivity index (χ0v) is 11.5. The molecule has 6 nitrogen and oxygen atoms in total. The number of imidazole rings is 1. The van der Waals surface area contributed by atoms with E-state index in [-0.39, 0.29) is 5.91 Å². The molecular weight excluding hydrogens is 242 g/mol. The number of carbonyl (C=O) groups excluding carboxylic acids is 1. The third kappa shape index (κ3) is 3.01. The highest BCUT2D eigenvalue weighted by atomic mass is 16.1. The van der Waals surface area contributed by atoms with Crippen LogP contribution in [0, 0.1) is 20.8 Å². The second-order valence-electron chi connectivity index (χ2n) is 4.59. The first-order chi connectivity index (χ1) is 9.09. The van der Waals surface area contributed by atoms with Gasteiger partial charge in [0.1, 0.15) is 5.69 Å². The van der Waals surface area contributed by atoms with Crippen molar-refractivity contribution in [3.63, 3.8) is 0 Å². The van der Waals surface area contributed by atoms with E-state index >= 15 is 0 Å². The first-order valence-electron chi connectivity index (χ1n) is 6.36. The average molecular weight is 261 g/mol. The number of amides is 1. The van der Waals surface area contributed by atoms with Gasteiger partial charge in [0.2, 0.25) is 0 Å². The van der Waals surface area contributed by atoms with Gasteiger partial charge in [0.25, 0.3) is 5.91 Å².